The van der Waals surface area contributed by atoms with Crippen molar-refractivity contribution in [1.29, 1.82) is 0 Å². The van der Waals surface area contributed by atoms with Crippen molar-refractivity contribution in [1.82, 2.24) is 30.0 Å². The van der Waals surface area contributed by atoms with Crippen LogP contribution in [0.3, 0.4) is 0 Å². The molecule has 2 heterocycles. The minimum Gasteiger partial charge on any atom is -0.357 e. The molecule has 1 aliphatic rings. The van der Waals surface area contributed by atoms with Crippen LogP contribution in [0.1, 0.15) is 19.7 Å². The molecule has 1 aromatic heterocycles. The van der Waals surface area contributed by atoms with Crippen molar-refractivity contribution in [2.24, 2.45) is 4.99 Å². The zero-order valence-electron chi connectivity index (χ0n) is 18.6. The molecule has 0 spiro atoms. The van der Waals surface area contributed by atoms with Gasteiger partial charge in [0, 0.05) is 45.8 Å². The molecule has 2 N–H and O–H groups in total. The molecule has 0 amide bonds. The van der Waals surface area contributed by atoms with Crippen molar-refractivity contribution >= 4 is 29.9 Å². The minimum absolute atomic E-state index is 0. The number of nitrogens with zero attached hydrogens (tertiary/aromatic N) is 5. The van der Waals surface area contributed by atoms with Crippen molar-refractivity contribution in [3.05, 3.63) is 42.4 Å². The molecule has 7 nitrogen and oxygen atoms in total. The van der Waals surface area contributed by atoms with Gasteiger partial charge < -0.3 is 20.1 Å². The van der Waals surface area contributed by atoms with Crippen molar-refractivity contribution in [3.8, 4) is 11.3 Å². The fourth-order valence-corrected chi connectivity index (χ4v) is 3.57. The van der Waals surface area contributed by atoms with Crippen LogP contribution in [0, 0.1) is 0 Å². The Labute approximate surface area is 198 Å². The number of rotatable bonds is 7. The summed E-state index contributed by atoms with van der Waals surface area (Å²) in [5.41, 5.74) is 2.19. The number of halogens is 1. The maximum absolute atomic E-state index is 4.90. The van der Waals surface area contributed by atoms with Gasteiger partial charge in [-0.25, -0.2) is 4.98 Å². The van der Waals surface area contributed by atoms with Gasteiger partial charge >= 0.3 is 0 Å². The van der Waals surface area contributed by atoms with E-state index in [2.05, 4.69) is 70.1 Å². The van der Waals surface area contributed by atoms with E-state index in [0.29, 0.717) is 12.6 Å². The fraction of sp³-hybridized carbons (Fsp3) is 0.545. The minimum atomic E-state index is 0. The lowest BCUT2D eigenvalue weighted by atomic mass is 10.2. The van der Waals surface area contributed by atoms with E-state index in [1.807, 2.05) is 24.4 Å². The molecule has 1 aliphatic heterocycles. The van der Waals surface area contributed by atoms with E-state index in [1.54, 1.807) is 0 Å². The van der Waals surface area contributed by atoms with Gasteiger partial charge in [-0.15, -0.1) is 24.0 Å². The topological polar surface area (TPSA) is 62.8 Å². The molecular weight excluding hydrogens is 489 g/mol. The summed E-state index contributed by atoms with van der Waals surface area (Å²) in [7, 11) is 4.25. The summed E-state index contributed by atoms with van der Waals surface area (Å²) in [6.45, 7) is 11.2. The van der Waals surface area contributed by atoms with Gasteiger partial charge in [-0.2, -0.15) is 0 Å². The highest BCUT2D eigenvalue weighted by Gasteiger charge is 2.19. The summed E-state index contributed by atoms with van der Waals surface area (Å²) in [5.74, 6) is 1.86. The Kier molecular flexibility index (Phi) is 10.1. The maximum Gasteiger partial charge on any atom is 0.194 e. The first kappa shape index (κ1) is 24.6. The number of aliphatic imine (C=N–C) groups is 1. The molecule has 166 valence electrons. The maximum atomic E-state index is 4.90. The lowest BCUT2D eigenvalue weighted by Gasteiger charge is -2.36. The predicted octanol–water partition coefficient (Wildman–Crippen LogP) is 2.73. The molecule has 0 radical (unpaired) electrons. The predicted molar refractivity (Wildman–Crippen MR) is 135 cm³/mol. The van der Waals surface area contributed by atoms with E-state index in [4.69, 9.17) is 4.99 Å². The van der Waals surface area contributed by atoms with Gasteiger partial charge in [-0.05, 0) is 26.5 Å². The number of piperazine rings is 1. The van der Waals surface area contributed by atoms with Crippen LogP contribution in [0.5, 0.6) is 0 Å². The molecular formula is C22H36IN7. The average molecular weight is 525 g/mol. The Morgan fingerprint density at radius 3 is 2.60 bits per heavy atom. The van der Waals surface area contributed by atoms with Crippen LogP contribution in [0.15, 0.2) is 41.5 Å². The van der Waals surface area contributed by atoms with Gasteiger partial charge in [0.05, 0.1) is 25.0 Å². The lowest BCUT2D eigenvalue weighted by Crippen LogP contribution is -2.49. The Morgan fingerprint density at radius 2 is 1.93 bits per heavy atom. The van der Waals surface area contributed by atoms with E-state index in [1.165, 1.54) is 0 Å². The van der Waals surface area contributed by atoms with Gasteiger partial charge in [-0.1, -0.05) is 30.3 Å². The first-order valence-electron chi connectivity index (χ1n) is 10.6. The fourth-order valence-electron chi connectivity index (χ4n) is 3.57. The Bertz CT molecular complexity index is 769. The molecule has 2 aromatic rings. The monoisotopic (exact) mass is 525 g/mol. The highest BCUT2D eigenvalue weighted by atomic mass is 127. The van der Waals surface area contributed by atoms with Crippen LogP contribution in [-0.2, 0) is 6.54 Å². The van der Waals surface area contributed by atoms with Crippen molar-refractivity contribution < 1.29 is 0 Å². The van der Waals surface area contributed by atoms with E-state index in [9.17, 15) is 0 Å². The first-order chi connectivity index (χ1) is 14.1. The second-order valence-electron chi connectivity index (χ2n) is 7.85. The lowest BCUT2D eigenvalue weighted by molar-refractivity contribution is 0.122. The largest absolute Gasteiger partial charge is 0.357 e. The van der Waals surface area contributed by atoms with Crippen molar-refractivity contribution in [2.75, 3.05) is 53.4 Å². The second kappa shape index (κ2) is 12.3. The Morgan fingerprint density at radius 1 is 1.23 bits per heavy atom. The normalized spacial score (nSPS) is 16.7. The number of nitrogens with one attached hydrogen (secondary N) is 2. The van der Waals surface area contributed by atoms with Crippen LogP contribution in [-0.4, -0.2) is 90.0 Å². The van der Waals surface area contributed by atoms with E-state index in [-0.39, 0.29) is 24.0 Å². The summed E-state index contributed by atoms with van der Waals surface area (Å²) < 4.78 is 0. The summed E-state index contributed by atoms with van der Waals surface area (Å²) in [6, 6.07) is 10.7. The molecule has 30 heavy (non-hydrogen) atoms. The molecule has 1 unspecified atom stereocenters. The third-order valence-corrected chi connectivity index (χ3v) is 5.46. The number of hydrogen-bond donors (Lipinski definition) is 2. The molecule has 8 heteroatoms. The molecule has 1 aromatic carbocycles. The molecule has 1 saturated heterocycles. The quantitative estimate of drug-likeness (QED) is 0.331. The molecule has 0 bridgehead atoms. The number of guanidine groups is 1. The average Bonchev–Trinajstić information content (AvgIpc) is 3.20. The number of imidazole rings is 1. The SMILES string of the molecule is CCNC(=NCC(C)N1CCN(C)CC1)N(C)Cc1ncc(-c2ccccc2)[nH]1.I. The highest BCUT2D eigenvalue weighted by molar-refractivity contribution is 14.0. The zero-order valence-corrected chi connectivity index (χ0v) is 21.0. The van der Waals surface area contributed by atoms with E-state index < -0.39 is 0 Å². The smallest absolute Gasteiger partial charge is 0.194 e. The van der Waals surface area contributed by atoms with Crippen LogP contribution in [0.25, 0.3) is 11.3 Å². The zero-order chi connectivity index (χ0) is 20.6. The third-order valence-electron chi connectivity index (χ3n) is 5.46. The first-order valence-corrected chi connectivity index (χ1v) is 10.6. The molecule has 3 rings (SSSR count). The summed E-state index contributed by atoms with van der Waals surface area (Å²) in [4.78, 5) is 19.9. The van der Waals surface area contributed by atoms with Gasteiger partial charge in [0.15, 0.2) is 5.96 Å². The second-order valence-corrected chi connectivity index (χ2v) is 7.85. The number of H-pyrrole nitrogens is 1. The number of aromatic amines is 1. The van der Waals surface area contributed by atoms with E-state index >= 15 is 0 Å². The van der Waals surface area contributed by atoms with Gasteiger partial charge in [-0.3, -0.25) is 9.89 Å². The van der Waals surface area contributed by atoms with Gasteiger partial charge in [0.1, 0.15) is 5.82 Å². The van der Waals surface area contributed by atoms with Gasteiger partial charge in [0.25, 0.3) is 0 Å². The molecule has 0 saturated carbocycles. The highest BCUT2D eigenvalue weighted by Crippen LogP contribution is 2.16. The van der Waals surface area contributed by atoms with E-state index in [0.717, 1.165) is 62.3 Å². The Balaban J connectivity index is 0.00000320. The van der Waals surface area contributed by atoms with Crippen LogP contribution in [0.2, 0.25) is 0 Å². The number of aromatic nitrogens is 2. The summed E-state index contributed by atoms with van der Waals surface area (Å²) in [5, 5.41) is 3.41. The number of likely N-dealkylation sites (N-methyl/N-ethyl adjacent to an activating group) is 1. The standard InChI is InChI=1S/C22H35N7.HI/c1-5-23-22(25-15-18(2)29-13-11-27(3)12-14-29)28(4)17-21-24-16-20(26-21)19-9-7-6-8-10-19;/h6-10,16,18H,5,11-15,17H2,1-4H3,(H,23,25)(H,24,26);1H. The molecule has 0 aliphatic carbocycles. The van der Waals surface area contributed by atoms with Crippen molar-refractivity contribution in [2.45, 2.75) is 26.4 Å². The van der Waals surface area contributed by atoms with Crippen LogP contribution >= 0.6 is 24.0 Å². The molecule has 1 fully saturated rings. The number of hydrogen-bond acceptors (Lipinski definition) is 4. The van der Waals surface area contributed by atoms with Crippen LogP contribution in [0.4, 0.5) is 0 Å². The van der Waals surface area contributed by atoms with Crippen LogP contribution < -0.4 is 5.32 Å². The number of benzene rings is 1. The molecule has 1 atom stereocenters. The van der Waals surface area contributed by atoms with Gasteiger partial charge in [0.2, 0.25) is 0 Å². The third kappa shape index (κ3) is 6.95. The summed E-state index contributed by atoms with van der Waals surface area (Å²) >= 11 is 0. The van der Waals surface area contributed by atoms with Crippen molar-refractivity contribution in [3.63, 3.8) is 0 Å². The Hall–Kier alpha value is -1.65. The summed E-state index contributed by atoms with van der Waals surface area (Å²) in [6.07, 6.45) is 1.90.